The summed E-state index contributed by atoms with van der Waals surface area (Å²) < 4.78 is 2.47. The number of nitrogens with one attached hydrogen (secondary N) is 1. The average molecular weight is 244 g/mol. The number of aromatic amines is 1. The summed E-state index contributed by atoms with van der Waals surface area (Å²) in [6.45, 7) is 4.23. The van der Waals surface area contributed by atoms with E-state index in [1.807, 2.05) is 7.05 Å². The number of benzene rings is 1. The summed E-state index contributed by atoms with van der Waals surface area (Å²) in [5.74, 6) is 0. The van der Waals surface area contributed by atoms with Gasteiger partial charge in [-0.2, -0.15) is 10.1 Å². The van der Waals surface area contributed by atoms with Crippen LogP contribution in [0.25, 0.3) is 22.1 Å². The van der Waals surface area contributed by atoms with Gasteiger partial charge >= 0.3 is 0 Å². The van der Waals surface area contributed by atoms with Crippen molar-refractivity contribution in [3.63, 3.8) is 0 Å². The molecule has 0 spiro atoms. The molecule has 2 heterocycles. The van der Waals surface area contributed by atoms with E-state index in [9.17, 15) is 0 Å². The highest BCUT2D eigenvalue weighted by atomic mass is 32.1. The highest BCUT2D eigenvalue weighted by molar-refractivity contribution is 7.71. The number of aromatic nitrogens is 4. The Kier molecular flexibility index (Phi) is 2.06. The summed E-state index contributed by atoms with van der Waals surface area (Å²) in [4.78, 5) is 4.34. The van der Waals surface area contributed by atoms with Crippen molar-refractivity contribution in [2.45, 2.75) is 13.8 Å². The molecule has 1 aromatic carbocycles. The topological polar surface area (TPSA) is 46.5 Å². The lowest BCUT2D eigenvalue weighted by molar-refractivity contribution is 0.938. The maximum absolute atomic E-state index is 5.02. The third-order valence-corrected chi connectivity index (χ3v) is 3.48. The number of hydrogen-bond acceptors (Lipinski definition) is 3. The third kappa shape index (κ3) is 1.32. The van der Waals surface area contributed by atoms with Crippen molar-refractivity contribution in [2.75, 3.05) is 0 Å². The highest BCUT2D eigenvalue weighted by Crippen LogP contribution is 2.28. The maximum Gasteiger partial charge on any atom is 0.215 e. The Morgan fingerprint density at radius 2 is 2.06 bits per heavy atom. The molecule has 0 bridgehead atoms. The molecule has 3 rings (SSSR count). The lowest BCUT2D eigenvalue weighted by Gasteiger charge is -2.03. The second-order valence-corrected chi connectivity index (χ2v) is 4.66. The molecule has 0 amide bonds. The number of nitrogens with zero attached hydrogens (tertiary/aromatic N) is 3. The molecule has 86 valence electrons. The van der Waals surface area contributed by atoms with Crippen LogP contribution in [0.5, 0.6) is 0 Å². The van der Waals surface area contributed by atoms with E-state index in [1.165, 1.54) is 16.6 Å². The molecule has 3 aromatic rings. The molecular formula is C12H12N4S. The fourth-order valence-electron chi connectivity index (χ4n) is 2.27. The molecule has 0 saturated carbocycles. The van der Waals surface area contributed by atoms with E-state index in [0.29, 0.717) is 4.77 Å². The minimum atomic E-state index is 0.415. The second kappa shape index (κ2) is 3.37. The maximum atomic E-state index is 5.02. The van der Waals surface area contributed by atoms with Crippen LogP contribution in [-0.4, -0.2) is 19.7 Å². The average Bonchev–Trinajstić information content (AvgIpc) is 2.58. The van der Waals surface area contributed by atoms with Gasteiger partial charge in [0.2, 0.25) is 4.77 Å². The quantitative estimate of drug-likeness (QED) is 0.618. The zero-order chi connectivity index (χ0) is 12.2. The molecule has 1 N–H and O–H groups in total. The fourth-order valence-corrected chi connectivity index (χ4v) is 2.40. The molecular weight excluding hydrogens is 232 g/mol. The molecule has 2 aromatic heterocycles. The normalized spacial score (nSPS) is 11.5. The van der Waals surface area contributed by atoms with Crippen LogP contribution in [0.1, 0.15) is 11.1 Å². The standard InChI is InChI=1S/C12H12N4S/c1-6-4-5-8-9-11(13-12(17)15-14-9)16(3)10(8)7(6)2/h4-5H,1-3H3,(H,13,15,17). The summed E-state index contributed by atoms with van der Waals surface area (Å²) in [5.41, 5.74) is 5.41. The zero-order valence-electron chi connectivity index (χ0n) is 9.90. The number of rotatable bonds is 0. The predicted octanol–water partition coefficient (Wildman–Crippen LogP) is 2.80. The van der Waals surface area contributed by atoms with Crippen molar-refractivity contribution >= 4 is 34.3 Å². The van der Waals surface area contributed by atoms with Gasteiger partial charge < -0.3 is 4.57 Å². The van der Waals surface area contributed by atoms with Gasteiger partial charge in [0.25, 0.3) is 0 Å². The van der Waals surface area contributed by atoms with Gasteiger partial charge in [0.15, 0.2) is 5.65 Å². The zero-order valence-corrected chi connectivity index (χ0v) is 10.7. The minimum Gasteiger partial charge on any atom is -0.327 e. The summed E-state index contributed by atoms with van der Waals surface area (Å²) in [6.07, 6.45) is 0. The van der Waals surface area contributed by atoms with E-state index in [0.717, 1.165) is 16.6 Å². The second-order valence-electron chi connectivity index (χ2n) is 4.28. The van der Waals surface area contributed by atoms with Crippen molar-refractivity contribution in [3.8, 4) is 0 Å². The highest BCUT2D eigenvalue weighted by Gasteiger charge is 2.13. The molecule has 0 radical (unpaired) electrons. The number of H-pyrrole nitrogens is 1. The van der Waals surface area contributed by atoms with Crippen molar-refractivity contribution in [2.24, 2.45) is 7.05 Å². The third-order valence-electron chi connectivity index (χ3n) is 3.29. The first-order chi connectivity index (χ1) is 8.09. The van der Waals surface area contributed by atoms with Gasteiger partial charge in [-0.1, -0.05) is 12.1 Å². The monoisotopic (exact) mass is 244 g/mol. The van der Waals surface area contributed by atoms with E-state index in [1.54, 1.807) is 0 Å². The summed E-state index contributed by atoms with van der Waals surface area (Å²) in [5, 5.41) is 8.16. The Bertz CT molecular complexity index is 797. The van der Waals surface area contributed by atoms with E-state index >= 15 is 0 Å². The van der Waals surface area contributed by atoms with Crippen LogP contribution in [0.15, 0.2) is 12.1 Å². The van der Waals surface area contributed by atoms with Crippen LogP contribution in [0, 0.1) is 18.6 Å². The van der Waals surface area contributed by atoms with Crippen LogP contribution in [-0.2, 0) is 7.05 Å². The molecule has 0 aliphatic heterocycles. The van der Waals surface area contributed by atoms with Crippen molar-refractivity contribution in [1.29, 1.82) is 0 Å². The Morgan fingerprint density at radius 1 is 1.29 bits per heavy atom. The SMILES string of the molecule is Cc1ccc2c3n[nH]c(=S)nc3n(C)c2c1C. The first kappa shape index (κ1) is 10.4. The van der Waals surface area contributed by atoms with Crippen LogP contribution in [0.3, 0.4) is 0 Å². The van der Waals surface area contributed by atoms with Gasteiger partial charge in [-0.05, 0) is 37.2 Å². The Labute approximate surface area is 103 Å². The molecule has 0 fully saturated rings. The number of fused-ring (bicyclic) bond motifs is 3. The molecule has 0 atom stereocenters. The summed E-state index contributed by atoms with van der Waals surface area (Å²) >= 11 is 5.02. The Morgan fingerprint density at radius 3 is 2.82 bits per heavy atom. The van der Waals surface area contributed by atoms with Gasteiger partial charge in [-0.3, -0.25) is 5.10 Å². The van der Waals surface area contributed by atoms with E-state index in [2.05, 4.69) is 45.7 Å². The number of aryl methyl sites for hydroxylation is 3. The first-order valence-electron chi connectivity index (χ1n) is 5.40. The first-order valence-corrected chi connectivity index (χ1v) is 5.81. The fraction of sp³-hybridized carbons (Fsp3) is 0.250. The number of hydrogen-bond donors (Lipinski definition) is 1. The molecule has 0 aliphatic carbocycles. The van der Waals surface area contributed by atoms with Gasteiger partial charge in [0.05, 0.1) is 5.52 Å². The summed E-state index contributed by atoms with van der Waals surface area (Å²) in [7, 11) is 2.00. The Balaban J connectivity index is 2.67. The van der Waals surface area contributed by atoms with Crippen molar-refractivity contribution in [1.82, 2.24) is 19.7 Å². The Hall–Kier alpha value is -1.75. The van der Waals surface area contributed by atoms with Crippen LogP contribution >= 0.6 is 12.2 Å². The lowest BCUT2D eigenvalue weighted by Crippen LogP contribution is -1.94. The van der Waals surface area contributed by atoms with Crippen LogP contribution in [0.2, 0.25) is 0 Å². The largest absolute Gasteiger partial charge is 0.327 e. The van der Waals surface area contributed by atoms with Crippen LogP contribution < -0.4 is 0 Å². The van der Waals surface area contributed by atoms with Crippen molar-refractivity contribution in [3.05, 3.63) is 28.0 Å². The predicted molar refractivity (Wildman–Crippen MR) is 70.7 cm³/mol. The van der Waals surface area contributed by atoms with E-state index in [4.69, 9.17) is 12.2 Å². The van der Waals surface area contributed by atoms with Crippen molar-refractivity contribution < 1.29 is 0 Å². The molecule has 0 unspecified atom stereocenters. The van der Waals surface area contributed by atoms with Gasteiger partial charge in [0, 0.05) is 12.4 Å². The van der Waals surface area contributed by atoms with E-state index < -0.39 is 0 Å². The molecule has 5 heteroatoms. The molecule has 0 saturated heterocycles. The summed E-state index contributed by atoms with van der Waals surface area (Å²) in [6, 6.07) is 4.20. The van der Waals surface area contributed by atoms with Gasteiger partial charge in [-0.15, -0.1) is 0 Å². The molecule has 0 aliphatic rings. The van der Waals surface area contributed by atoms with Gasteiger partial charge in [0.1, 0.15) is 5.52 Å². The van der Waals surface area contributed by atoms with Crippen LogP contribution in [0.4, 0.5) is 0 Å². The smallest absolute Gasteiger partial charge is 0.215 e. The lowest BCUT2D eigenvalue weighted by atomic mass is 10.1. The molecule has 4 nitrogen and oxygen atoms in total. The van der Waals surface area contributed by atoms with E-state index in [-0.39, 0.29) is 0 Å². The van der Waals surface area contributed by atoms with Gasteiger partial charge in [-0.25, -0.2) is 0 Å². The molecule has 17 heavy (non-hydrogen) atoms. The minimum absolute atomic E-state index is 0.415.